The van der Waals surface area contributed by atoms with Crippen molar-refractivity contribution in [1.82, 2.24) is 0 Å². The Bertz CT molecular complexity index is 873. The molecule has 2 heterocycles. The van der Waals surface area contributed by atoms with Crippen LogP contribution in [-0.2, 0) is 25.4 Å². The molecular weight excluding hydrogens is 428 g/mol. The van der Waals surface area contributed by atoms with Crippen LogP contribution in [0.4, 0.5) is 0 Å². The van der Waals surface area contributed by atoms with E-state index >= 15 is 0 Å². The summed E-state index contributed by atoms with van der Waals surface area (Å²) >= 11 is 0. The zero-order chi connectivity index (χ0) is 23.1. The molecule has 3 aliphatic carbocycles. The molecule has 2 saturated heterocycles. The van der Waals surface area contributed by atoms with Crippen LogP contribution in [0.2, 0.25) is 0 Å². The molecule has 2 aliphatic heterocycles. The summed E-state index contributed by atoms with van der Waals surface area (Å²) in [6.45, 7) is 4.04. The number of carbonyl (C=O) groups excluding carboxylic acids is 1. The molecule has 0 radical (unpaired) electrons. The van der Waals surface area contributed by atoms with Crippen molar-refractivity contribution in [2.24, 2.45) is 23.2 Å². The topological polar surface area (TPSA) is 54.0 Å². The summed E-state index contributed by atoms with van der Waals surface area (Å²) in [7, 11) is 0. The Morgan fingerprint density at radius 1 is 0.971 bits per heavy atom. The number of hydrogen-bond acceptors (Lipinski definition) is 5. The van der Waals surface area contributed by atoms with Gasteiger partial charge in [0.05, 0.1) is 12.7 Å². The van der Waals surface area contributed by atoms with Crippen molar-refractivity contribution in [3.8, 4) is 5.75 Å². The maximum absolute atomic E-state index is 12.4. The maximum atomic E-state index is 12.4. The molecule has 6 unspecified atom stereocenters. The van der Waals surface area contributed by atoms with Gasteiger partial charge in [0.1, 0.15) is 12.0 Å². The average Bonchev–Trinajstić information content (AvgIpc) is 3.20. The number of ether oxygens (including phenoxy) is 4. The van der Waals surface area contributed by atoms with E-state index in [4.69, 9.17) is 18.9 Å². The van der Waals surface area contributed by atoms with Crippen molar-refractivity contribution in [3.05, 3.63) is 29.3 Å². The van der Waals surface area contributed by atoms with E-state index in [0.29, 0.717) is 17.8 Å². The number of rotatable bonds is 5. The van der Waals surface area contributed by atoms with Crippen LogP contribution in [-0.4, -0.2) is 38.2 Å². The van der Waals surface area contributed by atoms with Gasteiger partial charge < -0.3 is 23.7 Å². The highest BCUT2D eigenvalue weighted by molar-refractivity contribution is 5.58. The molecule has 6 rings (SSSR count). The minimum atomic E-state index is -0.135. The molecule has 0 spiro atoms. The van der Waals surface area contributed by atoms with E-state index in [2.05, 4.69) is 25.1 Å². The van der Waals surface area contributed by atoms with Crippen molar-refractivity contribution >= 4 is 6.29 Å². The molecule has 5 heteroatoms. The fourth-order valence-electron chi connectivity index (χ4n) is 8.01. The summed E-state index contributed by atoms with van der Waals surface area (Å²) in [4.78, 5) is 12.4. The molecule has 5 nitrogen and oxygen atoms in total. The molecule has 2 saturated carbocycles. The molecule has 1 aromatic carbocycles. The third kappa shape index (κ3) is 4.12. The smallest absolute Gasteiger partial charge is 0.199 e. The van der Waals surface area contributed by atoms with E-state index < -0.39 is 0 Å². The Morgan fingerprint density at radius 3 is 2.50 bits per heavy atom. The summed E-state index contributed by atoms with van der Waals surface area (Å²) in [5.41, 5.74) is 2.89. The Balaban J connectivity index is 1.21. The highest BCUT2D eigenvalue weighted by Crippen LogP contribution is 2.62. The molecule has 0 amide bonds. The predicted octanol–water partition coefficient (Wildman–Crippen LogP) is 5.78. The van der Waals surface area contributed by atoms with Gasteiger partial charge >= 0.3 is 0 Å². The van der Waals surface area contributed by atoms with Gasteiger partial charge in [0.25, 0.3) is 0 Å². The summed E-state index contributed by atoms with van der Waals surface area (Å²) in [6, 6.07) is 6.60. The standard InChI is InChI=1S/C29H40O5/c1-29-13-12-23-22-9-8-21(33-26-6-2-4-14-31-26)17-19(22)16-20(18-30)28(23)24(29)10-11-25(29)34-27-7-3-5-15-32-27/h8-9,17-18,20,23-28H,2-7,10-16H2,1H3/t20?,23?,24?,25-,26?,27?,28?,29-/m0/s1. The van der Waals surface area contributed by atoms with Crippen LogP contribution in [0, 0.1) is 23.2 Å². The van der Waals surface area contributed by atoms with Crippen LogP contribution < -0.4 is 4.74 Å². The van der Waals surface area contributed by atoms with E-state index in [1.165, 1.54) is 23.8 Å². The molecule has 0 N–H and O–H groups in total. The molecule has 186 valence electrons. The van der Waals surface area contributed by atoms with E-state index in [0.717, 1.165) is 83.2 Å². The van der Waals surface area contributed by atoms with E-state index in [-0.39, 0.29) is 30.0 Å². The third-order valence-corrected chi connectivity index (χ3v) is 9.74. The Hall–Kier alpha value is -1.43. The molecule has 5 aliphatic rings. The monoisotopic (exact) mass is 468 g/mol. The first kappa shape index (κ1) is 23.0. The van der Waals surface area contributed by atoms with Crippen molar-refractivity contribution in [2.75, 3.05) is 13.2 Å². The van der Waals surface area contributed by atoms with Gasteiger partial charge in [0, 0.05) is 18.9 Å². The quantitative estimate of drug-likeness (QED) is 0.513. The van der Waals surface area contributed by atoms with Gasteiger partial charge in [-0.05, 0) is 111 Å². The average molecular weight is 469 g/mol. The van der Waals surface area contributed by atoms with Gasteiger partial charge in [-0.15, -0.1) is 0 Å². The number of hydrogen-bond donors (Lipinski definition) is 0. The van der Waals surface area contributed by atoms with Crippen LogP contribution in [0.3, 0.4) is 0 Å². The Labute approximate surface area is 203 Å². The van der Waals surface area contributed by atoms with Crippen molar-refractivity contribution in [3.63, 3.8) is 0 Å². The van der Waals surface area contributed by atoms with Crippen LogP contribution in [0.15, 0.2) is 18.2 Å². The first-order valence-electron chi connectivity index (χ1n) is 13.8. The van der Waals surface area contributed by atoms with Crippen molar-refractivity contribution in [2.45, 2.75) is 102 Å². The van der Waals surface area contributed by atoms with Crippen LogP contribution >= 0.6 is 0 Å². The molecule has 8 atom stereocenters. The third-order valence-electron chi connectivity index (χ3n) is 9.74. The Morgan fingerprint density at radius 2 is 1.76 bits per heavy atom. The first-order chi connectivity index (χ1) is 16.7. The molecule has 34 heavy (non-hydrogen) atoms. The van der Waals surface area contributed by atoms with Gasteiger partial charge in [-0.3, -0.25) is 0 Å². The largest absolute Gasteiger partial charge is 0.465 e. The minimum absolute atomic E-state index is 0.0347. The second-order valence-electron chi connectivity index (χ2n) is 11.6. The molecular formula is C29H40O5. The zero-order valence-corrected chi connectivity index (χ0v) is 20.6. The lowest BCUT2D eigenvalue weighted by atomic mass is 9.52. The maximum Gasteiger partial charge on any atom is 0.199 e. The SMILES string of the molecule is C[C@]12CCC3c4ccc(OC5CCCCO5)cc4CC(C=O)C3C1CC[C@@H]2OC1CCCCO1. The van der Waals surface area contributed by atoms with E-state index in [1.54, 1.807) is 0 Å². The van der Waals surface area contributed by atoms with Gasteiger partial charge in [-0.25, -0.2) is 0 Å². The number of fused-ring (bicyclic) bond motifs is 5. The normalized spacial score (nSPS) is 41.7. The molecule has 0 aromatic heterocycles. The second-order valence-corrected chi connectivity index (χ2v) is 11.6. The molecule has 4 fully saturated rings. The lowest BCUT2D eigenvalue weighted by Gasteiger charge is -2.52. The predicted molar refractivity (Wildman–Crippen MR) is 129 cm³/mol. The molecule has 0 bridgehead atoms. The highest BCUT2D eigenvalue weighted by Gasteiger charge is 2.57. The Kier molecular flexibility index (Phi) is 6.46. The summed E-state index contributed by atoms with van der Waals surface area (Å²) in [5, 5.41) is 0. The number of benzene rings is 1. The summed E-state index contributed by atoms with van der Waals surface area (Å²) in [6.07, 6.45) is 13.3. The highest BCUT2D eigenvalue weighted by atomic mass is 16.7. The van der Waals surface area contributed by atoms with Crippen molar-refractivity contribution in [1.29, 1.82) is 0 Å². The van der Waals surface area contributed by atoms with Gasteiger partial charge in [0.2, 0.25) is 0 Å². The van der Waals surface area contributed by atoms with Crippen LogP contribution in [0.25, 0.3) is 0 Å². The summed E-state index contributed by atoms with van der Waals surface area (Å²) in [5.74, 6) is 2.37. The number of carbonyl (C=O) groups is 1. The van der Waals surface area contributed by atoms with E-state index in [9.17, 15) is 4.79 Å². The lowest BCUT2D eigenvalue weighted by Crippen LogP contribution is -2.48. The molecule has 1 aromatic rings. The van der Waals surface area contributed by atoms with Gasteiger partial charge in [-0.2, -0.15) is 0 Å². The minimum Gasteiger partial charge on any atom is -0.465 e. The lowest BCUT2D eigenvalue weighted by molar-refractivity contribution is -0.213. The summed E-state index contributed by atoms with van der Waals surface area (Å²) < 4.78 is 24.5. The fourth-order valence-corrected chi connectivity index (χ4v) is 8.01. The fraction of sp³-hybridized carbons (Fsp3) is 0.759. The van der Waals surface area contributed by atoms with Crippen LogP contribution in [0.1, 0.15) is 88.2 Å². The second kappa shape index (κ2) is 9.55. The van der Waals surface area contributed by atoms with Gasteiger partial charge in [-0.1, -0.05) is 13.0 Å². The van der Waals surface area contributed by atoms with Crippen molar-refractivity contribution < 1.29 is 23.7 Å². The van der Waals surface area contributed by atoms with Gasteiger partial charge in [0.15, 0.2) is 12.6 Å². The number of aldehydes is 1. The first-order valence-corrected chi connectivity index (χ1v) is 13.8. The zero-order valence-electron chi connectivity index (χ0n) is 20.6. The van der Waals surface area contributed by atoms with E-state index in [1.807, 2.05) is 0 Å². The van der Waals surface area contributed by atoms with Crippen LogP contribution in [0.5, 0.6) is 5.75 Å².